The molecule has 0 aliphatic rings. The minimum atomic E-state index is -0.642. The summed E-state index contributed by atoms with van der Waals surface area (Å²) < 4.78 is 9.94. The molecule has 0 aliphatic carbocycles. The third-order valence-electron chi connectivity index (χ3n) is 3.17. The Kier molecular flexibility index (Phi) is 8.00. The topological polar surface area (TPSA) is 76.4 Å². The van der Waals surface area contributed by atoms with E-state index in [1.54, 1.807) is 37.3 Å². The van der Waals surface area contributed by atoms with Crippen LogP contribution in [0.1, 0.15) is 38.3 Å². The molecule has 5 nitrogen and oxygen atoms in total. The third-order valence-corrected chi connectivity index (χ3v) is 3.17. The Bertz CT molecular complexity index is 666. The first-order valence-electron chi connectivity index (χ1n) is 7.77. The van der Waals surface area contributed by atoms with Gasteiger partial charge in [0.2, 0.25) is 0 Å². The molecule has 1 rings (SSSR count). The predicted molar refractivity (Wildman–Crippen MR) is 91.5 cm³/mol. The molecule has 24 heavy (non-hydrogen) atoms. The van der Waals surface area contributed by atoms with Crippen molar-refractivity contribution in [2.75, 3.05) is 6.61 Å². The first-order chi connectivity index (χ1) is 11.5. The molecule has 0 heterocycles. The van der Waals surface area contributed by atoms with Gasteiger partial charge in [-0.3, -0.25) is 0 Å². The first kappa shape index (κ1) is 19.2. The number of benzene rings is 1. The summed E-state index contributed by atoms with van der Waals surface area (Å²) in [6.07, 6.45) is 5.14. The number of hydrogen-bond donors (Lipinski definition) is 0. The van der Waals surface area contributed by atoms with Crippen LogP contribution in [0.25, 0.3) is 12.2 Å². The third kappa shape index (κ3) is 6.49. The summed E-state index contributed by atoms with van der Waals surface area (Å²) in [5, 5.41) is 8.99. The van der Waals surface area contributed by atoms with E-state index in [1.807, 2.05) is 19.9 Å². The van der Waals surface area contributed by atoms with Gasteiger partial charge in [-0.2, -0.15) is 5.26 Å². The zero-order valence-electron chi connectivity index (χ0n) is 14.1. The number of carbonyl (C=O) groups excluding carboxylic acids is 2. The number of carbonyl (C=O) groups is 2. The number of rotatable bonds is 7. The van der Waals surface area contributed by atoms with Crippen molar-refractivity contribution in [3.8, 4) is 6.07 Å². The molecular weight excluding hydrogens is 306 g/mol. The second kappa shape index (κ2) is 10.0. The number of nitrogens with zero attached hydrogens (tertiary/aromatic N) is 1. The lowest BCUT2D eigenvalue weighted by molar-refractivity contribution is -0.142. The normalized spacial score (nSPS) is 12.5. The Morgan fingerprint density at radius 3 is 2.38 bits per heavy atom. The second-order valence-corrected chi connectivity index (χ2v) is 5.05. The van der Waals surface area contributed by atoms with E-state index in [-0.39, 0.29) is 24.3 Å². The lowest BCUT2D eigenvalue weighted by atomic mass is 10.1. The van der Waals surface area contributed by atoms with E-state index in [0.29, 0.717) is 5.56 Å². The van der Waals surface area contributed by atoms with Crippen LogP contribution in [0.2, 0.25) is 0 Å². The highest BCUT2D eigenvalue weighted by Gasteiger charge is 2.09. The summed E-state index contributed by atoms with van der Waals surface area (Å²) in [5.41, 5.74) is 1.44. The van der Waals surface area contributed by atoms with Crippen molar-refractivity contribution in [1.82, 2.24) is 0 Å². The van der Waals surface area contributed by atoms with Crippen LogP contribution in [-0.4, -0.2) is 24.6 Å². The van der Waals surface area contributed by atoms with E-state index in [9.17, 15) is 9.59 Å². The fourth-order valence-corrected chi connectivity index (χ4v) is 1.70. The fourth-order valence-electron chi connectivity index (χ4n) is 1.70. The average Bonchev–Trinajstić information content (AvgIpc) is 2.58. The van der Waals surface area contributed by atoms with Crippen molar-refractivity contribution < 1.29 is 19.1 Å². The van der Waals surface area contributed by atoms with Crippen LogP contribution in [0.3, 0.4) is 0 Å². The van der Waals surface area contributed by atoms with E-state index >= 15 is 0 Å². The molecule has 0 aliphatic heterocycles. The SMILES string of the molecule is CCOC(=O)/C(C#N)=C/c1ccc(/C=C/C(=O)OC(C)CC)cc1. The maximum absolute atomic E-state index is 11.6. The lowest BCUT2D eigenvalue weighted by Gasteiger charge is -2.07. The van der Waals surface area contributed by atoms with Crippen molar-refractivity contribution in [1.29, 1.82) is 5.26 Å². The van der Waals surface area contributed by atoms with E-state index < -0.39 is 5.97 Å². The number of esters is 2. The lowest BCUT2D eigenvalue weighted by Crippen LogP contribution is -2.11. The highest BCUT2D eigenvalue weighted by atomic mass is 16.5. The van der Waals surface area contributed by atoms with Crippen LogP contribution in [0.15, 0.2) is 35.9 Å². The molecule has 1 aromatic rings. The molecule has 0 amide bonds. The van der Waals surface area contributed by atoms with Gasteiger partial charge < -0.3 is 9.47 Å². The molecule has 0 fully saturated rings. The zero-order chi connectivity index (χ0) is 17.9. The molecule has 5 heteroatoms. The Balaban J connectivity index is 2.77. The standard InChI is InChI=1S/C19H21NO4/c1-4-14(3)24-18(21)11-10-15-6-8-16(9-7-15)12-17(13-20)19(22)23-5-2/h6-12,14H,4-5H2,1-3H3/b11-10+,17-12+. The van der Waals surface area contributed by atoms with Gasteiger partial charge in [0.15, 0.2) is 0 Å². The Labute approximate surface area is 142 Å². The smallest absolute Gasteiger partial charge is 0.348 e. The van der Waals surface area contributed by atoms with Gasteiger partial charge in [-0.15, -0.1) is 0 Å². The summed E-state index contributed by atoms with van der Waals surface area (Å²) in [6.45, 7) is 5.68. The maximum Gasteiger partial charge on any atom is 0.348 e. The molecule has 126 valence electrons. The molecule has 0 saturated heterocycles. The number of nitriles is 1. The minimum Gasteiger partial charge on any atom is -0.462 e. The molecule has 0 radical (unpaired) electrons. The van der Waals surface area contributed by atoms with Crippen molar-refractivity contribution >= 4 is 24.1 Å². The molecule has 0 aromatic heterocycles. The van der Waals surface area contributed by atoms with Crippen LogP contribution in [0.5, 0.6) is 0 Å². The number of hydrogen-bond acceptors (Lipinski definition) is 5. The van der Waals surface area contributed by atoms with Crippen LogP contribution < -0.4 is 0 Å². The maximum atomic E-state index is 11.6. The second-order valence-electron chi connectivity index (χ2n) is 5.05. The van der Waals surface area contributed by atoms with Crippen molar-refractivity contribution in [3.63, 3.8) is 0 Å². The van der Waals surface area contributed by atoms with E-state index in [2.05, 4.69) is 0 Å². The first-order valence-corrected chi connectivity index (χ1v) is 7.77. The van der Waals surface area contributed by atoms with Gasteiger partial charge in [-0.05, 0) is 43.5 Å². The minimum absolute atomic E-state index is 0.0581. The fraction of sp³-hybridized carbons (Fsp3) is 0.316. The molecule has 1 unspecified atom stereocenters. The quantitative estimate of drug-likeness (QED) is 0.435. The van der Waals surface area contributed by atoms with Crippen molar-refractivity contribution in [2.24, 2.45) is 0 Å². The highest BCUT2D eigenvalue weighted by molar-refractivity contribution is 5.97. The molecule has 0 bridgehead atoms. The van der Waals surface area contributed by atoms with Crippen LogP contribution in [0, 0.1) is 11.3 Å². The zero-order valence-corrected chi connectivity index (χ0v) is 14.1. The van der Waals surface area contributed by atoms with Gasteiger partial charge in [0.1, 0.15) is 11.6 Å². The van der Waals surface area contributed by atoms with Gasteiger partial charge in [-0.1, -0.05) is 31.2 Å². The summed E-state index contributed by atoms with van der Waals surface area (Å²) in [4.78, 5) is 23.1. The largest absolute Gasteiger partial charge is 0.462 e. The molecule has 0 N–H and O–H groups in total. The van der Waals surface area contributed by atoms with Crippen molar-refractivity contribution in [2.45, 2.75) is 33.3 Å². The van der Waals surface area contributed by atoms with Crippen LogP contribution in [-0.2, 0) is 19.1 Å². The van der Waals surface area contributed by atoms with Crippen LogP contribution in [0.4, 0.5) is 0 Å². The van der Waals surface area contributed by atoms with Gasteiger partial charge in [0.25, 0.3) is 0 Å². The summed E-state index contributed by atoms with van der Waals surface area (Å²) in [5.74, 6) is -1.03. The summed E-state index contributed by atoms with van der Waals surface area (Å²) in [6, 6.07) is 8.87. The summed E-state index contributed by atoms with van der Waals surface area (Å²) >= 11 is 0. The number of ether oxygens (including phenoxy) is 2. The monoisotopic (exact) mass is 327 g/mol. The average molecular weight is 327 g/mol. The van der Waals surface area contributed by atoms with E-state index in [4.69, 9.17) is 14.7 Å². The predicted octanol–water partition coefficient (Wildman–Crippen LogP) is 3.51. The van der Waals surface area contributed by atoms with Gasteiger partial charge in [-0.25, -0.2) is 9.59 Å². The van der Waals surface area contributed by atoms with Crippen LogP contribution >= 0.6 is 0 Å². The molecular formula is C19H21NO4. The van der Waals surface area contributed by atoms with E-state index in [0.717, 1.165) is 12.0 Å². The molecule has 0 saturated carbocycles. The van der Waals surface area contributed by atoms with Gasteiger partial charge in [0.05, 0.1) is 12.7 Å². The Morgan fingerprint density at radius 1 is 1.21 bits per heavy atom. The Morgan fingerprint density at radius 2 is 1.83 bits per heavy atom. The van der Waals surface area contributed by atoms with Gasteiger partial charge in [0, 0.05) is 6.08 Å². The molecule has 1 atom stereocenters. The van der Waals surface area contributed by atoms with Crippen molar-refractivity contribution in [3.05, 3.63) is 47.0 Å². The highest BCUT2D eigenvalue weighted by Crippen LogP contribution is 2.11. The summed E-state index contributed by atoms with van der Waals surface area (Å²) in [7, 11) is 0. The van der Waals surface area contributed by atoms with E-state index in [1.165, 1.54) is 12.2 Å². The molecule has 0 spiro atoms. The van der Waals surface area contributed by atoms with Gasteiger partial charge >= 0.3 is 11.9 Å². The Hall–Kier alpha value is -2.87. The molecule has 1 aromatic carbocycles.